The van der Waals surface area contributed by atoms with Crippen LogP contribution in [0.25, 0.3) is 11.1 Å². The van der Waals surface area contributed by atoms with E-state index >= 15 is 0 Å². The molecule has 10 aromatic carbocycles. The lowest BCUT2D eigenvalue weighted by Crippen LogP contribution is -2.15. The molecule has 10 rings (SSSR count). The molecule has 0 N–H and O–H groups in total. The number of hydrogen-bond acceptors (Lipinski definition) is 3. The standard InChI is InChI=1S/C64H52ClN3/c1-47-33-37-58(38-34-47)66(59-39-35-48(2)36-40-59)60-43-51(41-49-21-9-3-10-22-49)63(52(44-60)42-50-23-11-4-12-24-50)53-45-61(67(54-25-13-5-14-26-54)55-27-15-6-16-28-55)64(65)62(46-53)68(56-29-17-7-18-30-56)57-31-19-8-20-32-57/h3-40,43-46H,41-42H2,1-2H3. The molecule has 10 aromatic rings. The number of nitrogens with zero attached hydrogens (tertiary/aromatic N) is 3. The van der Waals surface area contributed by atoms with Crippen LogP contribution in [0.1, 0.15) is 33.4 Å². The summed E-state index contributed by atoms with van der Waals surface area (Å²) in [5.41, 5.74) is 18.6. The first kappa shape index (κ1) is 43.8. The molecule has 0 aliphatic rings. The highest BCUT2D eigenvalue weighted by Crippen LogP contribution is 2.51. The van der Waals surface area contributed by atoms with Gasteiger partial charge in [0.05, 0.1) is 16.4 Å². The molecule has 0 unspecified atom stereocenters. The van der Waals surface area contributed by atoms with Gasteiger partial charge >= 0.3 is 0 Å². The molecule has 0 bridgehead atoms. The fraction of sp³-hybridized carbons (Fsp3) is 0.0625. The van der Waals surface area contributed by atoms with E-state index in [1.807, 2.05) is 0 Å². The Morgan fingerprint density at radius 1 is 0.309 bits per heavy atom. The van der Waals surface area contributed by atoms with Crippen LogP contribution in [0.15, 0.2) is 255 Å². The number of halogens is 1. The largest absolute Gasteiger partial charge is 0.310 e. The molecule has 0 aromatic heterocycles. The predicted molar refractivity (Wildman–Crippen MR) is 289 cm³/mol. The van der Waals surface area contributed by atoms with Gasteiger partial charge in [-0.25, -0.2) is 0 Å². The quantitative estimate of drug-likeness (QED) is 0.108. The molecule has 4 heteroatoms. The second-order valence-corrected chi connectivity index (χ2v) is 17.7. The Labute approximate surface area is 406 Å². The molecule has 0 heterocycles. The molecular weight excluding hydrogens is 846 g/mol. The molecule has 0 amide bonds. The Morgan fingerprint density at radius 3 is 0.926 bits per heavy atom. The SMILES string of the molecule is Cc1ccc(N(c2ccc(C)cc2)c2cc(Cc3ccccc3)c(-c3cc(N(c4ccccc4)c4ccccc4)c(Cl)c(N(c4ccccc4)c4ccccc4)c3)c(Cc3ccccc3)c2)cc1. The molecular formula is C64H52ClN3. The van der Waals surface area contributed by atoms with Gasteiger partial charge in [0.1, 0.15) is 0 Å². The van der Waals surface area contributed by atoms with Gasteiger partial charge in [-0.1, -0.05) is 180 Å². The predicted octanol–water partition coefficient (Wildman–Crippen LogP) is 18.2. The van der Waals surface area contributed by atoms with E-state index in [1.165, 1.54) is 38.9 Å². The van der Waals surface area contributed by atoms with E-state index in [-0.39, 0.29) is 0 Å². The van der Waals surface area contributed by atoms with Crippen LogP contribution in [0.4, 0.5) is 51.2 Å². The Bertz CT molecular complexity index is 2930. The summed E-state index contributed by atoms with van der Waals surface area (Å²) >= 11 is 8.03. The van der Waals surface area contributed by atoms with Gasteiger partial charge < -0.3 is 14.7 Å². The van der Waals surface area contributed by atoms with Crippen molar-refractivity contribution in [3.8, 4) is 11.1 Å². The maximum absolute atomic E-state index is 8.03. The second kappa shape index (κ2) is 20.2. The first-order valence-corrected chi connectivity index (χ1v) is 23.7. The Morgan fingerprint density at radius 2 is 0.603 bits per heavy atom. The lowest BCUT2D eigenvalue weighted by atomic mass is 9.86. The Kier molecular flexibility index (Phi) is 13.0. The summed E-state index contributed by atoms with van der Waals surface area (Å²) in [7, 11) is 0. The highest BCUT2D eigenvalue weighted by atomic mass is 35.5. The van der Waals surface area contributed by atoms with E-state index in [1.54, 1.807) is 0 Å². The van der Waals surface area contributed by atoms with Gasteiger partial charge in [0.2, 0.25) is 0 Å². The van der Waals surface area contributed by atoms with Gasteiger partial charge in [-0.05, 0) is 157 Å². The van der Waals surface area contributed by atoms with Crippen LogP contribution in [-0.4, -0.2) is 0 Å². The summed E-state index contributed by atoms with van der Waals surface area (Å²) in [6.45, 7) is 4.29. The van der Waals surface area contributed by atoms with E-state index in [0.29, 0.717) is 17.9 Å². The maximum atomic E-state index is 8.03. The van der Waals surface area contributed by atoms with Crippen LogP contribution in [0.2, 0.25) is 5.02 Å². The zero-order chi connectivity index (χ0) is 46.2. The minimum atomic E-state index is 0.630. The van der Waals surface area contributed by atoms with Gasteiger partial charge in [-0.15, -0.1) is 0 Å². The van der Waals surface area contributed by atoms with Gasteiger partial charge in [0.15, 0.2) is 0 Å². The van der Waals surface area contributed by atoms with Crippen molar-refractivity contribution in [3.63, 3.8) is 0 Å². The fourth-order valence-corrected chi connectivity index (χ4v) is 9.50. The third-order valence-electron chi connectivity index (χ3n) is 12.5. The molecule has 0 atom stereocenters. The first-order valence-electron chi connectivity index (χ1n) is 23.3. The van der Waals surface area contributed by atoms with Crippen molar-refractivity contribution in [3.05, 3.63) is 293 Å². The topological polar surface area (TPSA) is 9.72 Å². The van der Waals surface area contributed by atoms with Gasteiger partial charge in [0.25, 0.3) is 0 Å². The van der Waals surface area contributed by atoms with Crippen LogP contribution in [-0.2, 0) is 12.8 Å². The monoisotopic (exact) mass is 897 g/mol. The molecule has 0 spiro atoms. The van der Waals surface area contributed by atoms with E-state index in [9.17, 15) is 0 Å². The van der Waals surface area contributed by atoms with Crippen molar-refractivity contribution in [2.45, 2.75) is 26.7 Å². The minimum absolute atomic E-state index is 0.630. The van der Waals surface area contributed by atoms with Crippen LogP contribution in [0.5, 0.6) is 0 Å². The molecule has 0 saturated carbocycles. The first-order chi connectivity index (χ1) is 33.5. The number of aryl methyl sites for hydroxylation is 2. The zero-order valence-electron chi connectivity index (χ0n) is 38.4. The Balaban J connectivity index is 1.31. The number of benzene rings is 10. The summed E-state index contributed by atoms with van der Waals surface area (Å²) in [5, 5.41) is 0.630. The highest BCUT2D eigenvalue weighted by molar-refractivity contribution is 6.37. The number of hydrogen-bond donors (Lipinski definition) is 0. The average molecular weight is 899 g/mol. The molecule has 0 radical (unpaired) electrons. The summed E-state index contributed by atoms with van der Waals surface area (Å²) in [5.74, 6) is 0. The smallest absolute Gasteiger partial charge is 0.0887 e. The second-order valence-electron chi connectivity index (χ2n) is 17.3. The number of anilines is 9. The molecule has 0 fully saturated rings. The van der Waals surface area contributed by atoms with E-state index < -0.39 is 0 Å². The Hall–Kier alpha value is -8.11. The third kappa shape index (κ3) is 9.57. The van der Waals surface area contributed by atoms with Gasteiger partial charge in [-0.3, -0.25) is 0 Å². The fourth-order valence-electron chi connectivity index (χ4n) is 9.22. The summed E-state index contributed by atoms with van der Waals surface area (Å²) in [4.78, 5) is 6.99. The molecule has 3 nitrogen and oxygen atoms in total. The van der Waals surface area contributed by atoms with E-state index in [2.05, 4.69) is 283 Å². The van der Waals surface area contributed by atoms with Crippen LogP contribution in [0.3, 0.4) is 0 Å². The third-order valence-corrected chi connectivity index (χ3v) is 12.9. The van der Waals surface area contributed by atoms with Crippen LogP contribution < -0.4 is 14.7 Å². The van der Waals surface area contributed by atoms with E-state index in [0.717, 1.165) is 56.7 Å². The van der Waals surface area contributed by atoms with Crippen molar-refractivity contribution in [1.29, 1.82) is 0 Å². The molecule has 0 aliphatic carbocycles. The van der Waals surface area contributed by atoms with E-state index in [4.69, 9.17) is 11.6 Å². The van der Waals surface area contributed by atoms with Crippen molar-refractivity contribution < 1.29 is 0 Å². The van der Waals surface area contributed by atoms with Crippen molar-refractivity contribution in [1.82, 2.24) is 0 Å². The summed E-state index contributed by atoms with van der Waals surface area (Å²) in [6.07, 6.45) is 1.41. The average Bonchev–Trinajstić information content (AvgIpc) is 3.38. The lowest BCUT2D eigenvalue weighted by Gasteiger charge is -2.32. The summed E-state index contributed by atoms with van der Waals surface area (Å²) < 4.78 is 0. The normalized spacial score (nSPS) is 11.0. The van der Waals surface area contributed by atoms with Crippen molar-refractivity contribution >= 4 is 62.8 Å². The molecule has 0 saturated heterocycles. The zero-order valence-corrected chi connectivity index (χ0v) is 39.1. The van der Waals surface area contributed by atoms with Crippen LogP contribution in [0, 0.1) is 13.8 Å². The van der Waals surface area contributed by atoms with Gasteiger partial charge in [0, 0.05) is 39.8 Å². The van der Waals surface area contributed by atoms with Crippen LogP contribution >= 0.6 is 11.6 Å². The van der Waals surface area contributed by atoms with Crippen molar-refractivity contribution in [2.75, 3.05) is 14.7 Å². The van der Waals surface area contributed by atoms with Crippen molar-refractivity contribution in [2.24, 2.45) is 0 Å². The molecule has 330 valence electrons. The maximum Gasteiger partial charge on any atom is 0.0887 e. The molecule has 68 heavy (non-hydrogen) atoms. The highest BCUT2D eigenvalue weighted by Gasteiger charge is 2.27. The summed E-state index contributed by atoms with van der Waals surface area (Å²) in [6, 6.07) is 91.1. The number of para-hydroxylation sites is 4. The minimum Gasteiger partial charge on any atom is -0.310 e. The number of rotatable bonds is 14. The molecule has 0 aliphatic heterocycles. The van der Waals surface area contributed by atoms with Gasteiger partial charge in [-0.2, -0.15) is 0 Å². The lowest BCUT2D eigenvalue weighted by molar-refractivity contribution is 1.13.